The molecule has 3 unspecified atom stereocenters. The fourth-order valence-corrected chi connectivity index (χ4v) is 5.03. The molecule has 138 valence electrons. The molecule has 0 radical (unpaired) electrons. The molecule has 25 heavy (non-hydrogen) atoms. The summed E-state index contributed by atoms with van der Waals surface area (Å²) in [7, 11) is -3.60. The Balaban J connectivity index is 1.83. The average molecular weight is 366 g/mol. The molecule has 2 aliphatic rings. The number of aryl methyl sites for hydroxylation is 1. The lowest BCUT2D eigenvalue weighted by molar-refractivity contribution is -0.139. The minimum Gasteiger partial charge on any atom is -0.593 e. The Morgan fingerprint density at radius 3 is 2.56 bits per heavy atom. The molecule has 0 aliphatic carbocycles. The topological polar surface area (TPSA) is 72.9 Å². The van der Waals surface area contributed by atoms with Crippen molar-refractivity contribution in [3.63, 3.8) is 0 Å². The Hall–Kier alpha value is -1.28. The first-order valence-corrected chi connectivity index (χ1v) is 10.2. The highest BCUT2D eigenvalue weighted by molar-refractivity contribution is 7.95. The third-order valence-electron chi connectivity index (χ3n) is 5.06. The van der Waals surface area contributed by atoms with Crippen LogP contribution in [0.15, 0.2) is 29.2 Å². The second kappa shape index (κ2) is 7.15. The number of amides is 1. The Morgan fingerprint density at radius 2 is 1.92 bits per heavy atom. The number of carbonyl (C=O) groups is 1. The monoisotopic (exact) mass is 366 g/mol. The SMILES string of the molecule is Cc1ccc([S+](=O)([O-])N2CCC3OCCN(C(C)C)C(=O)C3C2)cc1. The van der Waals surface area contributed by atoms with Gasteiger partial charge in [0, 0.05) is 19.1 Å². The van der Waals surface area contributed by atoms with Crippen molar-refractivity contribution in [3.05, 3.63) is 29.8 Å². The van der Waals surface area contributed by atoms with E-state index in [1.807, 2.05) is 20.8 Å². The highest BCUT2D eigenvalue weighted by Crippen LogP contribution is 2.31. The summed E-state index contributed by atoms with van der Waals surface area (Å²) in [4.78, 5) is 15.0. The van der Waals surface area contributed by atoms with Gasteiger partial charge in [-0.1, -0.05) is 21.9 Å². The number of hydrogen-bond acceptors (Lipinski definition) is 4. The van der Waals surface area contributed by atoms with Crippen LogP contribution in [-0.4, -0.2) is 58.1 Å². The van der Waals surface area contributed by atoms with Crippen molar-refractivity contribution in [1.29, 1.82) is 0 Å². The van der Waals surface area contributed by atoms with Gasteiger partial charge >= 0.3 is 0 Å². The maximum atomic E-state index is 12.9. The second-order valence-corrected chi connectivity index (χ2v) is 9.04. The molecule has 2 heterocycles. The summed E-state index contributed by atoms with van der Waals surface area (Å²) in [5.74, 6) is -0.430. The van der Waals surface area contributed by atoms with Crippen LogP contribution in [0.5, 0.6) is 0 Å². The van der Waals surface area contributed by atoms with Gasteiger partial charge in [-0.05, 0) is 39.3 Å². The third kappa shape index (κ3) is 3.65. The van der Waals surface area contributed by atoms with E-state index in [1.54, 1.807) is 29.2 Å². The normalized spacial score (nSPS) is 27.7. The molecule has 0 bridgehead atoms. The van der Waals surface area contributed by atoms with Crippen LogP contribution < -0.4 is 0 Å². The van der Waals surface area contributed by atoms with Gasteiger partial charge in [0.2, 0.25) is 5.91 Å². The lowest BCUT2D eigenvalue weighted by Gasteiger charge is -2.38. The number of carbonyl (C=O) groups excluding carboxylic acids is 1. The molecule has 1 amide bonds. The first-order chi connectivity index (χ1) is 11.8. The van der Waals surface area contributed by atoms with E-state index in [2.05, 4.69) is 0 Å². The number of ether oxygens (including phenoxy) is 1. The van der Waals surface area contributed by atoms with E-state index in [-0.39, 0.29) is 29.5 Å². The van der Waals surface area contributed by atoms with Crippen LogP contribution in [0.1, 0.15) is 25.8 Å². The van der Waals surface area contributed by atoms with Gasteiger partial charge in [0.1, 0.15) is 0 Å². The second-order valence-electron chi connectivity index (χ2n) is 7.11. The lowest BCUT2D eigenvalue weighted by Crippen LogP contribution is -2.53. The molecule has 7 heteroatoms. The summed E-state index contributed by atoms with van der Waals surface area (Å²) in [6.45, 7) is 7.51. The predicted octanol–water partition coefficient (Wildman–Crippen LogP) is 1.86. The van der Waals surface area contributed by atoms with E-state index in [9.17, 15) is 13.6 Å². The number of sulfonamides is 1. The molecule has 3 rings (SSSR count). The van der Waals surface area contributed by atoms with Gasteiger partial charge in [0.15, 0.2) is 15.3 Å². The van der Waals surface area contributed by atoms with Crippen molar-refractivity contribution in [2.75, 3.05) is 26.2 Å². The molecule has 2 saturated heterocycles. The van der Waals surface area contributed by atoms with Gasteiger partial charge in [0.25, 0.3) is 0 Å². The number of piperidine rings is 1. The highest BCUT2D eigenvalue weighted by atomic mass is 32.3. The van der Waals surface area contributed by atoms with Gasteiger partial charge in [-0.2, -0.15) is 0 Å². The smallest absolute Gasteiger partial charge is 0.230 e. The minimum absolute atomic E-state index is 0.00121. The number of hydrogen-bond donors (Lipinski definition) is 0. The molecule has 3 atom stereocenters. The molecule has 6 nitrogen and oxygen atoms in total. The molecule has 2 fully saturated rings. The van der Waals surface area contributed by atoms with Gasteiger partial charge < -0.3 is 14.2 Å². The zero-order valence-electron chi connectivity index (χ0n) is 15.0. The van der Waals surface area contributed by atoms with E-state index in [1.165, 1.54) is 4.31 Å². The largest absolute Gasteiger partial charge is 0.593 e. The Bertz CT molecular complexity index is 676. The molecule has 2 aliphatic heterocycles. The maximum absolute atomic E-state index is 12.9. The molecule has 1 aromatic carbocycles. The van der Waals surface area contributed by atoms with Crippen molar-refractivity contribution >= 4 is 16.3 Å². The Labute approximate surface area is 150 Å². The first-order valence-electron chi connectivity index (χ1n) is 8.79. The van der Waals surface area contributed by atoms with Crippen molar-refractivity contribution < 1.29 is 18.3 Å². The minimum atomic E-state index is -3.60. The molecule has 0 saturated carbocycles. The van der Waals surface area contributed by atoms with Crippen molar-refractivity contribution in [2.24, 2.45) is 5.92 Å². The third-order valence-corrected chi connectivity index (χ3v) is 6.94. The van der Waals surface area contributed by atoms with E-state index >= 15 is 0 Å². The zero-order valence-corrected chi connectivity index (χ0v) is 15.8. The fourth-order valence-electron chi connectivity index (χ4n) is 3.55. The van der Waals surface area contributed by atoms with Crippen LogP contribution in [0.4, 0.5) is 0 Å². The van der Waals surface area contributed by atoms with Crippen molar-refractivity contribution in [1.82, 2.24) is 9.21 Å². The fraction of sp³-hybridized carbons (Fsp3) is 0.611. The molecule has 0 spiro atoms. The number of nitrogens with zero attached hydrogens (tertiary/aromatic N) is 2. The van der Waals surface area contributed by atoms with Crippen molar-refractivity contribution in [3.8, 4) is 0 Å². The van der Waals surface area contributed by atoms with Crippen LogP contribution in [0.2, 0.25) is 0 Å². The van der Waals surface area contributed by atoms with Crippen LogP contribution in [0, 0.1) is 12.8 Å². The van der Waals surface area contributed by atoms with E-state index < -0.39 is 16.3 Å². The van der Waals surface area contributed by atoms with E-state index in [0.717, 1.165) is 5.56 Å². The predicted molar refractivity (Wildman–Crippen MR) is 94.5 cm³/mol. The van der Waals surface area contributed by atoms with Gasteiger partial charge in [-0.25, -0.2) is 0 Å². The van der Waals surface area contributed by atoms with Crippen LogP contribution >= 0.6 is 0 Å². The summed E-state index contributed by atoms with van der Waals surface area (Å²) >= 11 is 0. The number of benzene rings is 1. The molecule has 0 N–H and O–H groups in total. The summed E-state index contributed by atoms with van der Waals surface area (Å²) in [5, 5.41) is 0. The molecular formula is C18H26N2O4S. The quantitative estimate of drug-likeness (QED) is 0.766. The first kappa shape index (κ1) is 18.5. The Kier molecular flexibility index (Phi) is 5.29. The summed E-state index contributed by atoms with van der Waals surface area (Å²) in [6.07, 6.45) is 0.355. The van der Waals surface area contributed by atoms with E-state index in [4.69, 9.17) is 4.74 Å². The molecule has 0 aromatic heterocycles. The van der Waals surface area contributed by atoms with E-state index in [0.29, 0.717) is 26.1 Å². The van der Waals surface area contributed by atoms with Crippen LogP contribution in [0.3, 0.4) is 0 Å². The molecule has 1 aromatic rings. The van der Waals surface area contributed by atoms with Crippen LogP contribution in [0.25, 0.3) is 0 Å². The Morgan fingerprint density at radius 1 is 1.24 bits per heavy atom. The van der Waals surface area contributed by atoms with Gasteiger partial charge in [-0.15, -0.1) is 4.31 Å². The number of rotatable bonds is 3. The molecular weight excluding hydrogens is 340 g/mol. The van der Waals surface area contributed by atoms with Gasteiger partial charge in [-0.3, -0.25) is 4.79 Å². The zero-order chi connectivity index (χ0) is 18.2. The summed E-state index contributed by atoms with van der Waals surface area (Å²) in [6, 6.07) is 6.92. The van der Waals surface area contributed by atoms with Gasteiger partial charge in [0.05, 0.1) is 25.2 Å². The lowest BCUT2D eigenvalue weighted by atomic mass is 9.94. The number of fused-ring (bicyclic) bond motifs is 1. The summed E-state index contributed by atoms with van der Waals surface area (Å²) in [5.41, 5.74) is 1.01. The summed E-state index contributed by atoms with van der Waals surface area (Å²) < 4.78 is 33.2. The maximum Gasteiger partial charge on any atom is 0.230 e. The standard InChI is InChI=1S/C18H26N2O4S/c1-13(2)20-10-11-24-17-8-9-19(12-16(17)18(20)21)25(22,23)15-6-4-14(3)5-7-15/h4-7,13,16-17H,8-12H2,1-3H3. The van der Waals surface area contributed by atoms with Crippen LogP contribution in [-0.2, 0) is 24.1 Å². The highest BCUT2D eigenvalue weighted by Gasteiger charge is 2.45. The van der Waals surface area contributed by atoms with Crippen molar-refractivity contribution in [2.45, 2.75) is 44.2 Å². The average Bonchev–Trinajstić information content (AvgIpc) is 2.74.